The van der Waals surface area contributed by atoms with Crippen molar-refractivity contribution in [3.05, 3.63) is 0 Å². The lowest BCUT2D eigenvalue weighted by atomic mass is 10.4. The van der Waals surface area contributed by atoms with Crippen LogP contribution in [0.5, 0.6) is 0 Å². The highest BCUT2D eigenvalue weighted by Crippen LogP contribution is 1.90. The molecule has 0 radical (unpaired) electrons. The van der Waals surface area contributed by atoms with Gasteiger partial charge in [-0.1, -0.05) is 0 Å². The number of alkyl halides is 1. The number of aliphatic hydroxyl groups excluding tert-OH is 1. The van der Waals surface area contributed by atoms with Crippen LogP contribution in [0, 0.1) is 0 Å². The molecule has 0 aliphatic carbocycles. The Morgan fingerprint density at radius 2 is 2.13 bits per heavy atom. The van der Waals surface area contributed by atoms with E-state index in [1.165, 1.54) is 4.90 Å². The Bertz CT molecular complexity index is 212. The first kappa shape index (κ1) is 14.2. The van der Waals surface area contributed by atoms with E-state index in [4.69, 9.17) is 16.7 Å². The summed E-state index contributed by atoms with van der Waals surface area (Å²) in [7, 11) is 0. The minimum Gasteiger partial charge on any atom is -0.395 e. The zero-order valence-corrected chi connectivity index (χ0v) is 9.59. The van der Waals surface area contributed by atoms with Crippen LogP contribution < -0.4 is 5.32 Å². The summed E-state index contributed by atoms with van der Waals surface area (Å²) in [5.74, 6) is -0.806. The molecule has 0 unspecified atom stereocenters. The molecule has 15 heavy (non-hydrogen) atoms. The Balaban J connectivity index is 3.99. The molecule has 0 rings (SSSR count). The molecule has 2 N–H and O–H groups in total. The van der Waals surface area contributed by atoms with E-state index in [9.17, 15) is 9.59 Å². The first-order chi connectivity index (χ1) is 7.17. The van der Waals surface area contributed by atoms with Gasteiger partial charge < -0.3 is 15.3 Å². The van der Waals surface area contributed by atoms with E-state index < -0.39 is 11.8 Å². The first-order valence-corrected chi connectivity index (χ1v) is 5.44. The van der Waals surface area contributed by atoms with E-state index in [1.54, 1.807) is 6.92 Å². The van der Waals surface area contributed by atoms with E-state index >= 15 is 0 Å². The second kappa shape index (κ2) is 8.49. The van der Waals surface area contributed by atoms with Gasteiger partial charge in [0.25, 0.3) is 0 Å². The molecular weight excluding hydrogens is 220 g/mol. The van der Waals surface area contributed by atoms with E-state index in [2.05, 4.69) is 5.32 Å². The summed E-state index contributed by atoms with van der Waals surface area (Å²) in [6, 6.07) is 0. The predicted octanol–water partition coefficient (Wildman–Crippen LogP) is -0.428. The van der Waals surface area contributed by atoms with Crippen molar-refractivity contribution in [1.29, 1.82) is 0 Å². The fourth-order valence-corrected chi connectivity index (χ4v) is 1.15. The van der Waals surface area contributed by atoms with Crippen molar-refractivity contribution in [2.45, 2.75) is 13.3 Å². The summed E-state index contributed by atoms with van der Waals surface area (Å²) in [5, 5.41) is 11.1. The van der Waals surface area contributed by atoms with E-state index in [1.807, 2.05) is 0 Å². The second-order valence-electron chi connectivity index (χ2n) is 2.91. The number of aliphatic hydroxyl groups is 1. The molecule has 0 spiro atoms. The van der Waals surface area contributed by atoms with Crippen molar-refractivity contribution >= 4 is 23.4 Å². The van der Waals surface area contributed by atoms with Crippen LogP contribution in [0.1, 0.15) is 13.3 Å². The normalized spacial score (nSPS) is 9.80. The maximum absolute atomic E-state index is 11.4. The third kappa shape index (κ3) is 5.59. The van der Waals surface area contributed by atoms with Crippen LogP contribution in [-0.2, 0) is 9.59 Å². The molecule has 88 valence electrons. The van der Waals surface area contributed by atoms with Gasteiger partial charge in [-0.3, -0.25) is 9.59 Å². The highest BCUT2D eigenvalue weighted by molar-refractivity contribution is 6.35. The van der Waals surface area contributed by atoms with Gasteiger partial charge >= 0.3 is 11.8 Å². The summed E-state index contributed by atoms with van der Waals surface area (Å²) in [4.78, 5) is 24.0. The Labute approximate surface area is 94.4 Å². The standard InChI is InChI=1S/C9H17ClN2O3/c1-2-12(6-7-13)9(15)8(14)11-5-3-4-10/h13H,2-7H2,1H3,(H,11,14). The number of carbonyl (C=O) groups excluding carboxylic acids is 2. The maximum atomic E-state index is 11.4. The van der Waals surface area contributed by atoms with Gasteiger partial charge in [0.1, 0.15) is 0 Å². The molecule has 0 aliphatic heterocycles. The summed E-state index contributed by atoms with van der Waals surface area (Å²) in [6.45, 7) is 2.58. The molecule has 0 saturated carbocycles. The fourth-order valence-electron chi connectivity index (χ4n) is 1.01. The Hall–Kier alpha value is -0.810. The molecule has 0 fully saturated rings. The molecule has 0 aromatic rings. The monoisotopic (exact) mass is 236 g/mol. The lowest BCUT2D eigenvalue weighted by Gasteiger charge is -2.18. The summed E-state index contributed by atoms with van der Waals surface area (Å²) < 4.78 is 0. The topological polar surface area (TPSA) is 69.6 Å². The molecule has 0 atom stereocenters. The van der Waals surface area contributed by atoms with Crippen molar-refractivity contribution in [3.8, 4) is 0 Å². The molecule has 5 nitrogen and oxygen atoms in total. The van der Waals surface area contributed by atoms with Crippen molar-refractivity contribution in [3.63, 3.8) is 0 Å². The minimum atomic E-state index is -0.643. The zero-order chi connectivity index (χ0) is 11.7. The number of hydrogen-bond acceptors (Lipinski definition) is 3. The quantitative estimate of drug-likeness (QED) is 0.374. The summed E-state index contributed by atoms with van der Waals surface area (Å²) >= 11 is 5.42. The average Bonchev–Trinajstić information content (AvgIpc) is 2.25. The number of amides is 2. The van der Waals surface area contributed by atoms with Crippen LogP contribution in [0.15, 0.2) is 0 Å². The lowest BCUT2D eigenvalue weighted by Crippen LogP contribution is -2.44. The molecule has 0 aliphatic rings. The van der Waals surface area contributed by atoms with Gasteiger partial charge in [-0.15, -0.1) is 11.6 Å². The van der Waals surface area contributed by atoms with Gasteiger partial charge in [-0.05, 0) is 13.3 Å². The van der Waals surface area contributed by atoms with Crippen LogP contribution in [0.4, 0.5) is 0 Å². The molecule has 0 aromatic carbocycles. The van der Waals surface area contributed by atoms with Crippen LogP contribution in [-0.4, -0.2) is 53.9 Å². The molecule has 0 aromatic heterocycles. The fraction of sp³-hybridized carbons (Fsp3) is 0.778. The van der Waals surface area contributed by atoms with Crippen LogP contribution in [0.25, 0.3) is 0 Å². The largest absolute Gasteiger partial charge is 0.395 e. The first-order valence-electron chi connectivity index (χ1n) is 4.91. The SMILES string of the molecule is CCN(CCO)C(=O)C(=O)NCCCCl. The summed E-state index contributed by atoms with van der Waals surface area (Å²) in [5.41, 5.74) is 0. The number of halogens is 1. The van der Waals surface area contributed by atoms with Gasteiger partial charge in [-0.25, -0.2) is 0 Å². The van der Waals surface area contributed by atoms with Gasteiger partial charge in [0.15, 0.2) is 0 Å². The van der Waals surface area contributed by atoms with Crippen molar-refractivity contribution in [2.75, 3.05) is 32.1 Å². The number of likely N-dealkylation sites (N-methyl/N-ethyl adjacent to an activating group) is 1. The third-order valence-corrected chi connectivity index (χ3v) is 2.10. The van der Waals surface area contributed by atoms with Gasteiger partial charge in [0.2, 0.25) is 0 Å². The second-order valence-corrected chi connectivity index (χ2v) is 3.28. The number of hydrogen-bond donors (Lipinski definition) is 2. The highest BCUT2D eigenvalue weighted by Gasteiger charge is 2.19. The van der Waals surface area contributed by atoms with Crippen LogP contribution >= 0.6 is 11.6 Å². The van der Waals surface area contributed by atoms with Crippen molar-refractivity contribution in [1.82, 2.24) is 10.2 Å². The van der Waals surface area contributed by atoms with Crippen molar-refractivity contribution in [2.24, 2.45) is 0 Å². The molecule has 0 bridgehead atoms. The summed E-state index contributed by atoms with van der Waals surface area (Å²) in [6.07, 6.45) is 0.632. The maximum Gasteiger partial charge on any atom is 0.311 e. The highest BCUT2D eigenvalue weighted by atomic mass is 35.5. The average molecular weight is 237 g/mol. The lowest BCUT2D eigenvalue weighted by molar-refractivity contribution is -0.146. The molecule has 2 amide bonds. The predicted molar refractivity (Wildman–Crippen MR) is 57.7 cm³/mol. The Morgan fingerprint density at radius 1 is 1.47 bits per heavy atom. The smallest absolute Gasteiger partial charge is 0.311 e. The Kier molecular flexibility index (Phi) is 8.04. The number of nitrogens with one attached hydrogen (secondary N) is 1. The van der Waals surface area contributed by atoms with Crippen molar-refractivity contribution < 1.29 is 14.7 Å². The zero-order valence-electron chi connectivity index (χ0n) is 8.83. The van der Waals surface area contributed by atoms with Gasteiger partial charge in [0.05, 0.1) is 6.61 Å². The van der Waals surface area contributed by atoms with Gasteiger partial charge in [-0.2, -0.15) is 0 Å². The van der Waals surface area contributed by atoms with Crippen LogP contribution in [0.3, 0.4) is 0 Å². The third-order valence-electron chi connectivity index (χ3n) is 1.83. The minimum absolute atomic E-state index is 0.144. The van der Waals surface area contributed by atoms with E-state index in [0.29, 0.717) is 25.4 Å². The van der Waals surface area contributed by atoms with Gasteiger partial charge in [0, 0.05) is 25.5 Å². The van der Waals surface area contributed by atoms with Crippen LogP contribution in [0.2, 0.25) is 0 Å². The number of carbonyl (C=O) groups is 2. The van der Waals surface area contributed by atoms with E-state index in [-0.39, 0.29) is 13.2 Å². The van der Waals surface area contributed by atoms with E-state index in [0.717, 1.165) is 0 Å². The molecule has 0 heterocycles. The molecule has 6 heteroatoms. The number of nitrogens with zero attached hydrogens (tertiary/aromatic N) is 1. The number of rotatable bonds is 6. The Morgan fingerprint density at radius 3 is 2.60 bits per heavy atom. The molecule has 0 saturated heterocycles. The molecular formula is C9H17ClN2O3.